The van der Waals surface area contributed by atoms with Crippen molar-refractivity contribution in [1.82, 2.24) is 14.9 Å². The molecule has 1 atom stereocenters. The van der Waals surface area contributed by atoms with Crippen LogP contribution in [-0.2, 0) is 6.42 Å². The van der Waals surface area contributed by atoms with Crippen molar-refractivity contribution < 1.29 is 9.47 Å². The van der Waals surface area contributed by atoms with Crippen molar-refractivity contribution >= 4 is 11.8 Å². The number of rotatable bonds is 8. The second kappa shape index (κ2) is 11.2. The number of hydrogen-bond donors (Lipinski definition) is 0. The normalized spacial score (nSPS) is 18.0. The molecule has 0 radical (unpaired) electrons. The highest BCUT2D eigenvalue weighted by Gasteiger charge is 2.30. The Kier molecular flexibility index (Phi) is 7.56. The monoisotopic (exact) mass is 487 g/mol. The Labute approximate surface area is 214 Å². The highest BCUT2D eigenvalue weighted by molar-refractivity contribution is 5.55. The SMILES string of the molecule is COc1ccc2c(c1)CCN(c1ccnc(N(C)C)n1)C2c1cccc(OCCN2CCCCC2)c1. The van der Waals surface area contributed by atoms with Crippen LogP contribution in [0.25, 0.3) is 0 Å². The number of nitrogens with zero attached hydrogens (tertiary/aromatic N) is 5. The van der Waals surface area contributed by atoms with Gasteiger partial charge in [-0.3, -0.25) is 4.90 Å². The number of fused-ring (bicyclic) bond motifs is 1. The molecule has 36 heavy (non-hydrogen) atoms. The molecule has 2 aliphatic heterocycles. The number of piperidine rings is 1. The summed E-state index contributed by atoms with van der Waals surface area (Å²) in [5, 5.41) is 0. The topological polar surface area (TPSA) is 54.0 Å². The Balaban J connectivity index is 1.44. The van der Waals surface area contributed by atoms with Crippen LogP contribution in [0.5, 0.6) is 11.5 Å². The molecule has 3 heterocycles. The predicted molar refractivity (Wildman–Crippen MR) is 144 cm³/mol. The number of ether oxygens (including phenoxy) is 2. The van der Waals surface area contributed by atoms with Gasteiger partial charge in [-0.05, 0) is 79.4 Å². The van der Waals surface area contributed by atoms with Crippen LogP contribution in [0.3, 0.4) is 0 Å². The molecule has 190 valence electrons. The molecule has 1 saturated heterocycles. The lowest BCUT2D eigenvalue weighted by Crippen LogP contribution is -2.37. The first-order valence-corrected chi connectivity index (χ1v) is 13.0. The van der Waals surface area contributed by atoms with Crippen LogP contribution in [0.1, 0.15) is 42.0 Å². The number of likely N-dealkylation sites (tertiary alicyclic amines) is 1. The summed E-state index contributed by atoms with van der Waals surface area (Å²) in [6.45, 7) is 4.93. The fourth-order valence-corrected chi connectivity index (χ4v) is 5.30. The maximum atomic E-state index is 6.24. The van der Waals surface area contributed by atoms with Crippen molar-refractivity contribution in [1.29, 1.82) is 0 Å². The van der Waals surface area contributed by atoms with Gasteiger partial charge in [-0.25, -0.2) is 4.98 Å². The molecule has 1 aromatic heterocycles. The van der Waals surface area contributed by atoms with Crippen LogP contribution in [0.4, 0.5) is 11.8 Å². The van der Waals surface area contributed by atoms with Crippen molar-refractivity contribution in [2.24, 2.45) is 0 Å². The Morgan fingerprint density at radius 3 is 2.64 bits per heavy atom. The minimum Gasteiger partial charge on any atom is -0.497 e. The smallest absolute Gasteiger partial charge is 0.226 e. The van der Waals surface area contributed by atoms with E-state index in [0.717, 1.165) is 36.8 Å². The van der Waals surface area contributed by atoms with E-state index in [9.17, 15) is 0 Å². The number of benzene rings is 2. The number of methoxy groups -OCH3 is 1. The van der Waals surface area contributed by atoms with E-state index in [4.69, 9.17) is 14.5 Å². The molecule has 0 aliphatic carbocycles. The van der Waals surface area contributed by atoms with Crippen LogP contribution < -0.4 is 19.3 Å². The number of hydrogen-bond acceptors (Lipinski definition) is 7. The maximum absolute atomic E-state index is 6.24. The van der Waals surface area contributed by atoms with Gasteiger partial charge in [0, 0.05) is 33.4 Å². The Bertz CT molecular complexity index is 1160. The first-order chi connectivity index (χ1) is 17.6. The van der Waals surface area contributed by atoms with Crippen LogP contribution >= 0.6 is 0 Å². The van der Waals surface area contributed by atoms with E-state index in [2.05, 4.69) is 57.2 Å². The second-order valence-corrected chi connectivity index (χ2v) is 9.84. The minimum absolute atomic E-state index is 0.0233. The number of aromatic nitrogens is 2. The predicted octanol–water partition coefficient (Wildman–Crippen LogP) is 4.57. The van der Waals surface area contributed by atoms with E-state index in [0.29, 0.717) is 12.6 Å². The molecule has 0 spiro atoms. The van der Waals surface area contributed by atoms with Gasteiger partial charge in [0.15, 0.2) is 0 Å². The molecule has 3 aromatic rings. The van der Waals surface area contributed by atoms with E-state index in [1.807, 2.05) is 31.3 Å². The average Bonchev–Trinajstić information content (AvgIpc) is 2.93. The lowest BCUT2D eigenvalue weighted by atomic mass is 9.88. The molecule has 1 unspecified atom stereocenters. The van der Waals surface area contributed by atoms with Crippen LogP contribution in [0.2, 0.25) is 0 Å². The molecule has 0 bridgehead atoms. The van der Waals surface area contributed by atoms with Gasteiger partial charge >= 0.3 is 0 Å². The molecule has 0 N–H and O–H groups in total. The molecule has 0 saturated carbocycles. The fourth-order valence-electron chi connectivity index (χ4n) is 5.30. The average molecular weight is 488 g/mol. The molecule has 5 rings (SSSR count). The van der Waals surface area contributed by atoms with Gasteiger partial charge in [0.2, 0.25) is 5.95 Å². The van der Waals surface area contributed by atoms with E-state index in [1.165, 1.54) is 49.0 Å². The van der Waals surface area contributed by atoms with E-state index >= 15 is 0 Å². The summed E-state index contributed by atoms with van der Waals surface area (Å²) in [6.07, 6.45) is 6.73. The zero-order valence-corrected chi connectivity index (χ0v) is 21.7. The highest BCUT2D eigenvalue weighted by Crippen LogP contribution is 2.40. The van der Waals surface area contributed by atoms with Gasteiger partial charge in [-0.2, -0.15) is 4.98 Å². The molecular formula is C29H37N5O2. The molecule has 7 heteroatoms. The van der Waals surface area contributed by atoms with Crippen molar-refractivity contribution in [3.63, 3.8) is 0 Å². The first-order valence-electron chi connectivity index (χ1n) is 13.0. The molecule has 2 aromatic carbocycles. The van der Waals surface area contributed by atoms with Gasteiger partial charge in [0.05, 0.1) is 13.2 Å². The quantitative estimate of drug-likeness (QED) is 0.461. The fraction of sp³-hybridized carbons (Fsp3) is 0.448. The van der Waals surface area contributed by atoms with Crippen molar-refractivity contribution in [2.75, 3.05) is 63.8 Å². The Morgan fingerprint density at radius 1 is 0.972 bits per heavy atom. The van der Waals surface area contributed by atoms with E-state index < -0.39 is 0 Å². The zero-order chi connectivity index (χ0) is 24.9. The van der Waals surface area contributed by atoms with Crippen LogP contribution in [0.15, 0.2) is 54.7 Å². The third-order valence-electron chi connectivity index (χ3n) is 7.20. The molecular weight excluding hydrogens is 450 g/mol. The Morgan fingerprint density at radius 2 is 1.83 bits per heavy atom. The van der Waals surface area contributed by atoms with Gasteiger partial charge in [0.1, 0.15) is 23.9 Å². The largest absolute Gasteiger partial charge is 0.497 e. The minimum atomic E-state index is 0.0233. The van der Waals surface area contributed by atoms with Crippen molar-refractivity contribution in [3.05, 3.63) is 71.4 Å². The second-order valence-electron chi connectivity index (χ2n) is 9.84. The Hall–Kier alpha value is -3.32. The van der Waals surface area contributed by atoms with Crippen LogP contribution in [-0.4, -0.2) is 68.9 Å². The lowest BCUT2D eigenvalue weighted by molar-refractivity contribution is 0.183. The first kappa shape index (κ1) is 24.4. The van der Waals surface area contributed by atoms with Crippen molar-refractivity contribution in [2.45, 2.75) is 31.7 Å². The summed E-state index contributed by atoms with van der Waals surface area (Å²) in [5.41, 5.74) is 3.79. The van der Waals surface area contributed by atoms with Gasteiger partial charge < -0.3 is 19.3 Å². The maximum Gasteiger partial charge on any atom is 0.226 e. The summed E-state index contributed by atoms with van der Waals surface area (Å²) in [4.78, 5) is 16.2. The standard InChI is InChI=1S/C29H37N5O2/c1-32(2)29-30-14-12-27(31-29)34-17-13-22-20-24(35-3)10-11-26(22)28(34)23-8-7-9-25(21-23)36-19-18-33-15-5-4-6-16-33/h7-12,14,20-21,28H,4-6,13,15-19H2,1-3H3. The molecule has 0 amide bonds. The molecule has 2 aliphatic rings. The summed E-state index contributed by atoms with van der Waals surface area (Å²) in [5.74, 6) is 3.45. The number of anilines is 2. The van der Waals surface area contributed by atoms with Crippen LogP contribution in [0, 0.1) is 0 Å². The summed E-state index contributed by atoms with van der Waals surface area (Å²) < 4.78 is 11.8. The summed E-state index contributed by atoms with van der Waals surface area (Å²) >= 11 is 0. The third-order valence-corrected chi connectivity index (χ3v) is 7.20. The lowest BCUT2D eigenvalue weighted by Gasteiger charge is -2.39. The third kappa shape index (κ3) is 5.41. The molecule has 1 fully saturated rings. The zero-order valence-electron chi connectivity index (χ0n) is 21.7. The van der Waals surface area contributed by atoms with Gasteiger partial charge in [-0.1, -0.05) is 24.6 Å². The van der Waals surface area contributed by atoms with E-state index in [-0.39, 0.29) is 6.04 Å². The van der Waals surface area contributed by atoms with E-state index in [1.54, 1.807) is 7.11 Å². The van der Waals surface area contributed by atoms with Gasteiger partial charge in [0.25, 0.3) is 0 Å². The highest BCUT2D eigenvalue weighted by atomic mass is 16.5. The summed E-state index contributed by atoms with van der Waals surface area (Å²) in [7, 11) is 5.67. The molecule has 7 nitrogen and oxygen atoms in total. The van der Waals surface area contributed by atoms with Crippen molar-refractivity contribution in [3.8, 4) is 11.5 Å². The summed E-state index contributed by atoms with van der Waals surface area (Å²) in [6, 6.07) is 17.0. The van der Waals surface area contributed by atoms with Gasteiger partial charge in [-0.15, -0.1) is 0 Å².